The molecule has 548 valence electrons. The number of likely N-dealkylation sites (N-methyl/N-ethyl adjacent to an activating group) is 1. The molecule has 2 unspecified atom stereocenters. The Morgan fingerprint density at radius 3 is 2.02 bits per heavy atom. The van der Waals surface area contributed by atoms with Crippen molar-refractivity contribution in [2.45, 2.75) is 164 Å². The van der Waals surface area contributed by atoms with Gasteiger partial charge in [0.2, 0.25) is 41.4 Å². The number of fused-ring (bicyclic) bond motifs is 15. The summed E-state index contributed by atoms with van der Waals surface area (Å²) < 4.78 is 53.9. The Hall–Kier alpha value is -8.63. The molecule has 0 radical (unpaired) electrons. The van der Waals surface area contributed by atoms with Gasteiger partial charge in [-0.25, -0.2) is 0 Å². The third-order valence-corrected chi connectivity index (χ3v) is 19.8. The van der Waals surface area contributed by atoms with Crippen molar-refractivity contribution in [3.8, 4) is 57.1 Å². The molecule has 0 aromatic heterocycles. The molecule has 1 saturated carbocycles. The zero-order valence-corrected chi connectivity index (χ0v) is 57.1. The summed E-state index contributed by atoms with van der Waals surface area (Å²) in [6.07, 6.45) is -20.6. The van der Waals surface area contributed by atoms with Crippen molar-refractivity contribution in [1.29, 1.82) is 0 Å². The number of benzene rings is 5. The molecule has 5 aromatic carbocycles. The third kappa shape index (κ3) is 15.9. The Labute approximate surface area is 592 Å². The zero-order chi connectivity index (χ0) is 74.2. The van der Waals surface area contributed by atoms with E-state index in [2.05, 4.69) is 21.3 Å². The van der Waals surface area contributed by atoms with Crippen LogP contribution in [0.2, 0.25) is 10.0 Å². The van der Waals surface area contributed by atoms with Crippen molar-refractivity contribution in [1.82, 2.24) is 21.3 Å². The number of phenols is 3. The highest BCUT2D eigenvalue weighted by atomic mass is 35.5. The molecule has 1 aliphatic carbocycles. The van der Waals surface area contributed by atoms with Crippen molar-refractivity contribution in [2.75, 3.05) is 13.7 Å². The van der Waals surface area contributed by atoms with Gasteiger partial charge in [-0.15, -0.1) is 0 Å². The second kappa shape index (κ2) is 31.1. The van der Waals surface area contributed by atoms with E-state index < -0.39 is 239 Å². The van der Waals surface area contributed by atoms with Crippen LogP contribution < -0.4 is 46.9 Å². The van der Waals surface area contributed by atoms with Gasteiger partial charge in [-0.05, 0) is 117 Å². The number of nitrogens with two attached hydrogens (primary N) is 2. The fraction of sp³-hybridized carbons (Fsp3) is 0.457. The van der Waals surface area contributed by atoms with Crippen LogP contribution in [0.3, 0.4) is 0 Å². The maximum atomic E-state index is 16.2. The lowest BCUT2D eigenvalue weighted by Crippen LogP contribution is -2.63. The highest BCUT2D eigenvalue weighted by molar-refractivity contribution is 6.32. The molecule has 6 aliphatic heterocycles. The standard InChI is InChI=1S/C70H79Cl2FN6O23/c1-27(2)12-41(76-5)68(96)78-57-45(85)16-33(20-52(74)87)66(94)77-56-32-17-49(63(50(18-32)100-48-11-8-31(59(57)89)15-40(48)72)101-51-19-34(25-80)60(90)62(92)64(51)102-53-24-70(4,75)65(93)28(3)98-53)99-47-10-7-30(14-39(47)71)58(88)38-23-43(83)35(21-46(56)86)29-6-9-42(82)36(13-29)54-37(22-44(84)55(73)61(54)91)69(97-26-81)79-67(38)95/h6-11,13-15,17-18,22,26-28,33-35,38,41,51,53,56-60,62,64-65,69,76,80,82,84,88-93H,12,16,19-21,23-25,75H2,1-5H3,(H2,74,87)(H,77,94)(H,78,96)(H,79,95)/t28-,33+,34+,35-,38+,41-,51?,53-,56-,57?,58-,59-,60-,62+,64-,65-,69+,70+/m1/s1. The average Bonchev–Trinajstić information content (AvgIpc) is 0.770. The van der Waals surface area contributed by atoms with Gasteiger partial charge in [0.25, 0.3) is 6.47 Å². The molecule has 11 bridgehead atoms. The maximum Gasteiger partial charge on any atom is 0.295 e. The van der Waals surface area contributed by atoms with Crippen molar-refractivity contribution < 1.29 is 117 Å². The monoisotopic (exact) mass is 1460 g/mol. The number of primary amides is 1. The minimum absolute atomic E-state index is 0.0748. The lowest BCUT2D eigenvalue weighted by Gasteiger charge is -2.47. The molecule has 29 nitrogen and oxygen atoms in total. The summed E-state index contributed by atoms with van der Waals surface area (Å²) >= 11 is 14.2. The Morgan fingerprint density at radius 1 is 0.794 bits per heavy atom. The predicted octanol–water partition coefficient (Wildman–Crippen LogP) is 4.02. The van der Waals surface area contributed by atoms with Crippen molar-refractivity contribution in [3.05, 3.63) is 116 Å². The molecule has 4 amide bonds. The average molecular weight is 1460 g/mol. The second-order valence-corrected chi connectivity index (χ2v) is 27.8. The molecule has 5 aromatic rings. The topological polar surface area (TPSA) is 474 Å². The number of ketones is 3. The SMILES string of the molecule is CN[C@H](CC(C)C)C(=O)NC1C(=O)C[C@@H](CC(N)=O)C(=O)N[C@H]2C(=O)C[C@H]3C(=O)C[C@H](C(=O)N[C@@H](OC=O)c4cc(O)c(F)c(O)c4-c4cc3ccc4O)[C@H](O)c3ccc(c(Cl)c3)Oc3cc2cc(c3OC2C[C@@H](CO)[C@@H](O)[C@H](O)[C@@H]2O[C@@H]2C[C@](C)(N)[C@H](O)[C@@H](C)O2)Oc2ccc(cc2Cl)[C@H]1O. The largest absolute Gasteiger partial charge is 0.507 e. The molecule has 1 saturated heterocycles. The van der Waals surface area contributed by atoms with Crippen LogP contribution in [-0.2, 0) is 52.6 Å². The maximum absolute atomic E-state index is 16.2. The van der Waals surface area contributed by atoms with Gasteiger partial charge < -0.3 is 107 Å². The van der Waals surface area contributed by atoms with E-state index in [0.717, 1.165) is 36.4 Å². The number of Topliss-reactive ketones (excluding diaryl/α,β-unsaturated/α-hetero) is 3. The zero-order valence-electron chi connectivity index (χ0n) is 55.6. The lowest BCUT2D eigenvalue weighted by atomic mass is 9.80. The van der Waals surface area contributed by atoms with Gasteiger partial charge in [-0.3, -0.25) is 38.4 Å². The van der Waals surface area contributed by atoms with Crippen LogP contribution in [0.1, 0.15) is 131 Å². The molecule has 102 heavy (non-hydrogen) atoms. The Balaban J connectivity index is 1.24. The first-order valence-corrected chi connectivity index (χ1v) is 33.5. The molecule has 12 rings (SSSR count). The van der Waals surface area contributed by atoms with Gasteiger partial charge in [0.05, 0.1) is 52.3 Å². The van der Waals surface area contributed by atoms with E-state index in [4.69, 9.17) is 63.1 Å². The number of aliphatic hydroxyl groups excluding tert-OH is 6. The predicted molar refractivity (Wildman–Crippen MR) is 356 cm³/mol. The van der Waals surface area contributed by atoms with Crippen LogP contribution >= 0.6 is 23.2 Å². The highest BCUT2D eigenvalue weighted by Gasteiger charge is 2.51. The first-order valence-electron chi connectivity index (χ1n) is 32.7. The van der Waals surface area contributed by atoms with E-state index in [0.29, 0.717) is 6.07 Å². The summed E-state index contributed by atoms with van der Waals surface area (Å²) in [5, 5.41) is 114. The summed E-state index contributed by atoms with van der Waals surface area (Å²) in [5.74, 6) is -21.8. The van der Waals surface area contributed by atoms with Crippen LogP contribution in [0.25, 0.3) is 11.1 Å². The normalized spacial score (nSPS) is 29.5. The molecule has 0 spiro atoms. The smallest absolute Gasteiger partial charge is 0.295 e. The van der Waals surface area contributed by atoms with Crippen LogP contribution in [0.4, 0.5) is 4.39 Å². The van der Waals surface area contributed by atoms with Gasteiger partial charge in [-0.1, -0.05) is 55.2 Å². The number of hydrogen-bond donors (Lipinski definition) is 15. The van der Waals surface area contributed by atoms with Crippen molar-refractivity contribution >= 4 is 70.7 Å². The first kappa shape index (κ1) is 76.0. The van der Waals surface area contributed by atoms with Crippen molar-refractivity contribution in [3.63, 3.8) is 0 Å². The molecule has 2 fully saturated rings. The summed E-state index contributed by atoms with van der Waals surface area (Å²) in [5.41, 5.74) is 8.31. The molecular weight excluding hydrogens is 1380 g/mol. The molecular formula is C70H79Cl2FN6O23. The number of hydrogen-bond acceptors (Lipinski definition) is 25. The number of aliphatic hydroxyl groups is 6. The lowest BCUT2D eigenvalue weighted by molar-refractivity contribution is -0.286. The van der Waals surface area contributed by atoms with Crippen LogP contribution in [-0.4, -0.2) is 168 Å². The summed E-state index contributed by atoms with van der Waals surface area (Å²) in [7, 11) is 1.50. The molecule has 6 heterocycles. The van der Waals surface area contributed by atoms with Crippen LogP contribution in [0, 0.1) is 29.5 Å². The Morgan fingerprint density at radius 2 is 1.43 bits per heavy atom. The number of halogens is 3. The quantitative estimate of drug-likeness (QED) is 0.0698. The number of ether oxygens (including phenoxy) is 6. The van der Waals surface area contributed by atoms with Gasteiger partial charge in [0.15, 0.2) is 40.9 Å². The van der Waals surface area contributed by atoms with Gasteiger partial charge in [0, 0.05) is 72.8 Å². The molecule has 18 atom stereocenters. The van der Waals surface area contributed by atoms with Gasteiger partial charge in [0.1, 0.15) is 59.5 Å². The number of carbonyl (C=O) groups is 8. The fourth-order valence-electron chi connectivity index (χ4n) is 13.7. The minimum atomic E-state index is -2.17. The number of nitrogens with one attached hydrogen (secondary N) is 4. The van der Waals surface area contributed by atoms with E-state index in [9.17, 15) is 69.9 Å². The number of carbonyl (C=O) groups excluding carboxylic acids is 8. The van der Waals surface area contributed by atoms with E-state index in [1.807, 2.05) is 13.8 Å². The van der Waals surface area contributed by atoms with Crippen molar-refractivity contribution in [2.24, 2.45) is 35.1 Å². The van der Waals surface area contributed by atoms with E-state index >= 15 is 18.8 Å². The number of rotatable bonds is 14. The number of aromatic hydroxyl groups is 3. The molecule has 17 N–H and O–H groups in total. The van der Waals surface area contributed by atoms with Crippen LogP contribution in [0.15, 0.2) is 72.8 Å². The fourth-order valence-corrected chi connectivity index (χ4v) is 14.2. The van der Waals surface area contributed by atoms with Gasteiger partial charge >= 0.3 is 0 Å². The summed E-state index contributed by atoms with van der Waals surface area (Å²) in [6, 6.07) is 8.35. The van der Waals surface area contributed by atoms with E-state index in [1.54, 1.807) is 6.92 Å². The summed E-state index contributed by atoms with van der Waals surface area (Å²) in [4.78, 5) is 117. The van der Waals surface area contributed by atoms with E-state index in [1.165, 1.54) is 44.3 Å². The second-order valence-electron chi connectivity index (χ2n) is 27.0. The highest BCUT2D eigenvalue weighted by Crippen LogP contribution is 2.51. The van der Waals surface area contributed by atoms with E-state index in [-0.39, 0.29) is 75.5 Å². The molecule has 32 heteroatoms. The number of phenolic OH excluding ortho intramolecular Hbond substituents is 3. The number of amides is 4. The minimum Gasteiger partial charge on any atom is -0.507 e. The first-order chi connectivity index (χ1) is 48.2. The Kier molecular flexibility index (Phi) is 23.2. The van der Waals surface area contributed by atoms with Crippen LogP contribution in [0.5, 0.6) is 46.0 Å². The summed E-state index contributed by atoms with van der Waals surface area (Å²) in [6.45, 7) is 5.84. The van der Waals surface area contributed by atoms with Gasteiger partial charge in [-0.2, -0.15) is 4.39 Å². The molecule has 7 aliphatic rings. The third-order valence-electron chi connectivity index (χ3n) is 19.2. The Bertz CT molecular complexity index is 4090.